The van der Waals surface area contributed by atoms with Gasteiger partial charge in [-0.15, -0.1) is 0 Å². The van der Waals surface area contributed by atoms with Crippen LogP contribution in [0.2, 0.25) is 14.8 Å². The van der Waals surface area contributed by atoms with Crippen LogP contribution in [0, 0.1) is 5.82 Å². The van der Waals surface area contributed by atoms with Crippen LogP contribution in [0.5, 0.6) is 0 Å². The van der Waals surface area contributed by atoms with Crippen molar-refractivity contribution in [3.05, 3.63) is 77.1 Å². The molecular formula is C21H21FN4OSn. The minimum absolute atomic E-state index is 0.198. The summed E-state index contributed by atoms with van der Waals surface area (Å²) >= 11 is -2.47. The molecule has 0 aliphatic carbocycles. The van der Waals surface area contributed by atoms with E-state index >= 15 is 0 Å². The predicted octanol–water partition coefficient (Wildman–Crippen LogP) is 3.01. The van der Waals surface area contributed by atoms with E-state index in [-0.39, 0.29) is 18.1 Å². The summed E-state index contributed by atoms with van der Waals surface area (Å²) in [6, 6.07) is 12.9. The topological polar surface area (TPSA) is 73.3 Å². The molecule has 28 heavy (non-hydrogen) atoms. The van der Waals surface area contributed by atoms with E-state index in [4.69, 9.17) is 10.7 Å². The molecule has 0 bridgehead atoms. The number of aliphatic imine (C=N–C) groups is 1. The molecule has 5 nitrogen and oxygen atoms in total. The summed E-state index contributed by atoms with van der Waals surface area (Å²) in [7, 11) is 0. The number of nitrogens with two attached hydrogens (primary N) is 1. The number of aromatic nitrogens is 2. The maximum absolute atomic E-state index is 14.2. The average molecular weight is 483 g/mol. The Kier molecular flexibility index (Phi) is 4.61. The molecule has 0 atom stereocenters. The van der Waals surface area contributed by atoms with E-state index in [1.165, 1.54) is 15.7 Å². The SMILES string of the molecule is [CH3][Sn]([CH3])([CH3])[c]1ccccc1C1=NCc2c(C(N)=O)ncn2-c2ccc(F)cc21. The van der Waals surface area contributed by atoms with Crippen molar-refractivity contribution < 1.29 is 9.18 Å². The third-order valence-corrected chi connectivity index (χ3v) is 10.8. The quantitative estimate of drug-likeness (QED) is 0.583. The molecule has 142 valence electrons. The fourth-order valence-corrected chi connectivity index (χ4v) is 8.24. The zero-order valence-corrected chi connectivity index (χ0v) is 18.9. The van der Waals surface area contributed by atoms with E-state index in [1.807, 2.05) is 12.1 Å². The molecule has 0 spiro atoms. The fourth-order valence-electron chi connectivity index (χ4n) is 3.66. The summed E-state index contributed by atoms with van der Waals surface area (Å²) in [4.78, 5) is 27.8. The van der Waals surface area contributed by atoms with Crippen LogP contribution in [-0.2, 0) is 6.54 Å². The van der Waals surface area contributed by atoms with E-state index in [0.717, 1.165) is 17.0 Å². The number of halogens is 1. The Morgan fingerprint density at radius 2 is 1.89 bits per heavy atom. The van der Waals surface area contributed by atoms with E-state index in [2.05, 4.69) is 31.9 Å². The third-order valence-electron chi connectivity index (χ3n) is 4.95. The van der Waals surface area contributed by atoms with Gasteiger partial charge in [0.1, 0.15) is 0 Å². The standard InChI is InChI=1S/C18H12FN4O.3CH3.Sn/c19-12-6-7-14-13(8-12)16(11-4-2-1-3-5-11)21-9-15-17(18(20)24)22-10-23(14)15;;;;/h1-4,6-8,10H,9H2,(H2,20,24);3*1H3;. The number of imidazole rings is 1. The van der Waals surface area contributed by atoms with Crippen molar-refractivity contribution in [3.8, 4) is 5.69 Å². The van der Waals surface area contributed by atoms with E-state index in [9.17, 15) is 9.18 Å². The molecule has 1 aliphatic rings. The predicted molar refractivity (Wildman–Crippen MR) is 111 cm³/mol. The first-order valence-corrected chi connectivity index (χ1v) is 19.1. The number of hydrogen-bond donors (Lipinski definition) is 1. The summed E-state index contributed by atoms with van der Waals surface area (Å²) in [6.45, 7) is 0.248. The van der Waals surface area contributed by atoms with Gasteiger partial charge in [0.15, 0.2) is 0 Å². The molecule has 2 aromatic carbocycles. The third kappa shape index (κ3) is 3.15. The Labute approximate surface area is 167 Å². The van der Waals surface area contributed by atoms with Crippen LogP contribution >= 0.6 is 0 Å². The Morgan fingerprint density at radius 3 is 2.61 bits per heavy atom. The molecule has 7 heteroatoms. The maximum atomic E-state index is 14.2. The van der Waals surface area contributed by atoms with Gasteiger partial charge in [-0.1, -0.05) is 0 Å². The van der Waals surface area contributed by atoms with Gasteiger partial charge in [-0.25, -0.2) is 0 Å². The molecule has 0 unspecified atom stereocenters. The number of carbonyl (C=O) groups is 1. The zero-order valence-electron chi connectivity index (χ0n) is 16.0. The molecule has 3 aromatic rings. The van der Waals surface area contributed by atoms with Gasteiger partial charge in [-0.3, -0.25) is 0 Å². The molecule has 0 saturated heterocycles. The molecule has 2 N–H and O–H groups in total. The second-order valence-corrected chi connectivity index (χ2v) is 22.3. The number of hydrogen-bond acceptors (Lipinski definition) is 3. The number of fused-ring (bicyclic) bond motifs is 3. The van der Waals surface area contributed by atoms with Gasteiger partial charge in [0.25, 0.3) is 0 Å². The number of nitrogens with zero attached hydrogens (tertiary/aromatic N) is 3. The Bertz CT molecular complexity index is 1130. The molecule has 1 aromatic heterocycles. The number of benzene rings is 2. The molecule has 4 rings (SSSR count). The van der Waals surface area contributed by atoms with Gasteiger partial charge in [-0.05, 0) is 0 Å². The summed E-state index contributed by atoms with van der Waals surface area (Å²) in [6.07, 6.45) is 1.56. The molecule has 2 heterocycles. The molecule has 0 radical (unpaired) electrons. The van der Waals surface area contributed by atoms with Gasteiger partial charge in [0.2, 0.25) is 0 Å². The molecule has 1 amide bonds. The first kappa shape index (κ1) is 18.9. The zero-order chi connectivity index (χ0) is 20.1. The van der Waals surface area contributed by atoms with Crippen molar-refractivity contribution in [2.24, 2.45) is 10.7 Å². The van der Waals surface area contributed by atoms with Crippen LogP contribution in [0.3, 0.4) is 0 Å². The molecule has 0 saturated carbocycles. The van der Waals surface area contributed by atoms with Crippen molar-refractivity contribution >= 4 is 33.6 Å². The summed E-state index contributed by atoms with van der Waals surface area (Å²) < 4.78 is 17.3. The van der Waals surface area contributed by atoms with Crippen molar-refractivity contribution in [1.82, 2.24) is 9.55 Å². The number of carbonyl (C=O) groups excluding carboxylic acids is 1. The Morgan fingerprint density at radius 1 is 1.14 bits per heavy atom. The van der Waals surface area contributed by atoms with Crippen LogP contribution in [0.1, 0.15) is 27.3 Å². The van der Waals surface area contributed by atoms with Crippen molar-refractivity contribution in [1.29, 1.82) is 0 Å². The number of primary amides is 1. The number of rotatable bonds is 3. The second-order valence-electron chi connectivity index (χ2n) is 7.90. The van der Waals surface area contributed by atoms with Crippen molar-refractivity contribution in [3.63, 3.8) is 0 Å². The average Bonchev–Trinajstić information content (AvgIpc) is 2.99. The van der Waals surface area contributed by atoms with E-state index in [1.54, 1.807) is 17.0 Å². The van der Waals surface area contributed by atoms with Crippen LogP contribution in [0.25, 0.3) is 5.69 Å². The van der Waals surface area contributed by atoms with Gasteiger partial charge >= 0.3 is 167 Å². The Hall–Kier alpha value is -2.48. The van der Waals surface area contributed by atoms with Crippen molar-refractivity contribution in [2.75, 3.05) is 0 Å². The van der Waals surface area contributed by atoms with Crippen LogP contribution < -0.4 is 9.31 Å². The Balaban J connectivity index is 2.01. The van der Waals surface area contributed by atoms with Crippen LogP contribution in [0.4, 0.5) is 4.39 Å². The van der Waals surface area contributed by atoms with Crippen molar-refractivity contribution in [2.45, 2.75) is 21.4 Å². The van der Waals surface area contributed by atoms with Crippen LogP contribution in [-0.4, -0.2) is 39.5 Å². The monoisotopic (exact) mass is 484 g/mol. The minimum atomic E-state index is -2.47. The first-order chi connectivity index (χ1) is 13.3. The van der Waals surface area contributed by atoms with E-state index in [0.29, 0.717) is 11.3 Å². The van der Waals surface area contributed by atoms with E-state index < -0.39 is 24.3 Å². The summed E-state index contributed by atoms with van der Waals surface area (Å²) in [5.74, 6) is -0.927. The molecular weight excluding hydrogens is 462 g/mol. The molecule has 0 fully saturated rings. The van der Waals surface area contributed by atoms with Crippen LogP contribution in [0.15, 0.2) is 53.8 Å². The first-order valence-electron chi connectivity index (χ1n) is 9.08. The normalized spacial score (nSPS) is 13.4. The van der Waals surface area contributed by atoms with Gasteiger partial charge in [0.05, 0.1) is 0 Å². The fraction of sp³-hybridized carbons (Fsp3) is 0.190. The molecule has 1 aliphatic heterocycles. The summed E-state index contributed by atoms with van der Waals surface area (Å²) in [5, 5.41) is 0. The van der Waals surface area contributed by atoms with Gasteiger partial charge in [0, 0.05) is 0 Å². The van der Waals surface area contributed by atoms with Gasteiger partial charge in [-0.2, -0.15) is 0 Å². The van der Waals surface area contributed by atoms with Gasteiger partial charge < -0.3 is 0 Å². The summed E-state index contributed by atoms with van der Waals surface area (Å²) in [5.41, 5.74) is 9.52. The number of amides is 1. The second kappa shape index (κ2) is 6.84.